The number of rotatable bonds is 5. The van der Waals surface area contributed by atoms with Crippen LogP contribution in [0.5, 0.6) is 0 Å². The number of sulfonamides is 1. The summed E-state index contributed by atoms with van der Waals surface area (Å²) in [6.07, 6.45) is 4.45. The molecule has 0 bridgehead atoms. The van der Waals surface area contributed by atoms with Crippen LogP contribution in [0, 0.1) is 13.8 Å². The summed E-state index contributed by atoms with van der Waals surface area (Å²) in [5.41, 5.74) is 3.35. The lowest BCUT2D eigenvalue weighted by atomic mass is 9.81. The first-order valence-corrected chi connectivity index (χ1v) is 10.5. The van der Waals surface area contributed by atoms with E-state index in [2.05, 4.69) is 21.5 Å². The van der Waals surface area contributed by atoms with Gasteiger partial charge in [0.1, 0.15) is 0 Å². The van der Waals surface area contributed by atoms with Crippen LogP contribution in [0.15, 0.2) is 39.9 Å². The van der Waals surface area contributed by atoms with Gasteiger partial charge in [0.25, 0.3) is 0 Å². The van der Waals surface area contributed by atoms with Crippen molar-refractivity contribution in [2.45, 2.75) is 49.8 Å². The molecule has 1 heterocycles. The Balaban J connectivity index is 1.81. The number of hydrogen-bond acceptors (Lipinski definition) is 3. The van der Waals surface area contributed by atoms with E-state index in [4.69, 9.17) is 0 Å². The fraction of sp³-hybridized carbons (Fsp3) is 0.444. The molecule has 1 aromatic heterocycles. The van der Waals surface area contributed by atoms with Crippen molar-refractivity contribution in [2.24, 2.45) is 0 Å². The van der Waals surface area contributed by atoms with E-state index in [0.717, 1.165) is 24.0 Å². The number of benzene rings is 1. The molecule has 0 amide bonds. The Morgan fingerprint density at radius 2 is 1.87 bits per heavy atom. The smallest absolute Gasteiger partial charge is 0.210 e. The van der Waals surface area contributed by atoms with Crippen molar-refractivity contribution in [3.8, 4) is 0 Å². The van der Waals surface area contributed by atoms with Crippen molar-refractivity contribution in [3.63, 3.8) is 0 Å². The van der Waals surface area contributed by atoms with E-state index in [0.29, 0.717) is 11.4 Å². The molecule has 0 unspecified atom stereocenters. The van der Waals surface area contributed by atoms with Gasteiger partial charge < -0.3 is 0 Å². The van der Waals surface area contributed by atoms with Crippen LogP contribution < -0.4 is 4.72 Å². The van der Waals surface area contributed by atoms with E-state index in [-0.39, 0.29) is 5.41 Å². The zero-order valence-electron chi connectivity index (χ0n) is 13.6. The van der Waals surface area contributed by atoms with Crippen LogP contribution in [0.2, 0.25) is 0 Å². The van der Waals surface area contributed by atoms with Crippen LogP contribution in [0.4, 0.5) is 0 Å². The summed E-state index contributed by atoms with van der Waals surface area (Å²) >= 11 is 1.68. The quantitative estimate of drug-likeness (QED) is 0.881. The highest BCUT2D eigenvalue weighted by Crippen LogP contribution is 2.41. The first-order chi connectivity index (χ1) is 10.9. The van der Waals surface area contributed by atoms with E-state index in [1.807, 2.05) is 19.9 Å². The molecule has 1 aliphatic rings. The van der Waals surface area contributed by atoms with Crippen molar-refractivity contribution in [2.75, 3.05) is 6.54 Å². The molecule has 1 saturated carbocycles. The van der Waals surface area contributed by atoms with Gasteiger partial charge in [0.2, 0.25) is 10.0 Å². The molecule has 5 heteroatoms. The minimum atomic E-state index is -3.46. The normalized spacial score (nSPS) is 17.5. The van der Waals surface area contributed by atoms with Gasteiger partial charge in [-0.15, -0.1) is 0 Å². The molecule has 1 N–H and O–H groups in total. The second kappa shape index (κ2) is 6.38. The third kappa shape index (κ3) is 3.37. The maximum Gasteiger partial charge on any atom is 0.240 e. The highest BCUT2D eigenvalue weighted by Gasteiger charge is 2.37. The second-order valence-electron chi connectivity index (χ2n) is 6.57. The van der Waals surface area contributed by atoms with Gasteiger partial charge in [0.15, 0.2) is 0 Å². The summed E-state index contributed by atoms with van der Waals surface area (Å²) in [4.78, 5) is 0.360. The van der Waals surface area contributed by atoms with E-state index in [1.54, 1.807) is 23.5 Å². The molecule has 0 radical (unpaired) electrons. The van der Waals surface area contributed by atoms with E-state index < -0.39 is 10.0 Å². The number of aryl methyl sites for hydroxylation is 2. The SMILES string of the molecule is Cc1ccc(S(=O)(=O)NCC2(c3ccsc3)CCCC2)cc1C. The molecule has 1 fully saturated rings. The minimum absolute atomic E-state index is 0.0349. The Morgan fingerprint density at radius 3 is 2.48 bits per heavy atom. The average molecular weight is 350 g/mol. The lowest BCUT2D eigenvalue weighted by Crippen LogP contribution is -2.38. The summed E-state index contributed by atoms with van der Waals surface area (Å²) in [5.74, 6) is 0. The summed E-state index contributed by atoms with van der Waals surface area (Å²) in [6.45, 7) is 4.42. The van der Waals surface area contributed by atoms with Crippen molar-refractivity contribution < 1.29 is 8.42 Å². The molecule has 1 aliphatic carbocycles. The fourth-order valence-corrected chi connectivity index (χ4v) is 5.37. The lowest BCUT2D eigenvalue weighted by Gasteiger charge is -2.28. The minimum Gasteiger partial charge on any atom is -0.210 e. The molecule has 3 rings (SSSR count). The lowest BCUT2D eigenvalue weighted by molar-refractivity contribution is 0.433. The fourth-order valence-electron chi connectivity index (χ4n) is 3.38. The van der Waals surface area contributed by atoms with Gasteiger partial charge in [-0.05, 0) is 72.3 Å². The van der Waals surface area contributed by atoms with Gasteiger partial charge in [-0.1, -0.05) is 18.9 Å². The maximum absolute atomic E-state index is 12.7. The zero-order chi connectivity index (χ0) is 16.5. The van der Waals surface area contributed by atoms with Crippen LogP contribution in [-0.2, 0) is 15.4 Å². The largest absolute Gasteiger partial charge is 0.240 e. The molecule has 1 aromatic carbocycles. The molecule has 0 aliphatic heterocycles. The first-order valence-electron chi connectivity index (χ1n) is 8.03. The molecular formula is C18H23NO2S2. The van der Waals surface area contributed by atoms with Gasteiger partial charge in [0.05, 0.1) is 4.90 Å². The van der Waals surface area contributed by atoms with E-state index in [1.165, 1.54) is 18.4 Å². The van der Waals surface area contributed by atoms with Gasteiger partial charge in [-0.3, -0.25) is 0 Å². The van der Waals surface area contributed by atoms with Crippen LogP contribution in [0.1, 0.15) is 42.4 Å². The summed E-state index contributed by atoms with van der Waals surface area (Å²) in [5, 5.41) is 4.24. The molecule has 0 atom stereocenters. The summed E-state index contributed by atoms with van der Waals surface area (Å²) in [6, 6.07) is 7.45. The van der Waals surface area contributed by atoms with Crippen LogP contribution >= 0.6 is 11.3 Å². The second-order valence-corrected chi connectivity index (χ2v) is 9.12. The first kappa shape index (κ1) is 16.7. The Morgan fingerprint density at radius 1 is 1.13 bits per heavy atom. The third-order valence-corrected chi connectivity index (χ3v) is 7.17. The highest BCUT2D eigenvalue weighted by atomic mass is 32.2. The van der Waals surface area contributed by atoms with Crippen molar-refractivity contribution in [1.29, 1.82) is 0 Å². The molecule has 0 spiro atoms. The van der Waals surface area contributed by atoms with Crippen LogP contribution in [-0.4, -0.2) is 15.0 Å². The number of hydrogen-bond donors (Lipinski definition) is 1. The number of thiophene rings is 1. The molecule has 0 saturated heterocycles. The van der Waals surface area contributed by atoms with Gasteiger partial charge in [0, 0.05) is 12.0 Å². The zero-order valence-corrected chi connectivity index (χ0v) is 15.3. The molecule has 23 heavy (non-hydrogen) atoms. The molecule has 3 nitrogen and oxygen atoms in total. The van der Waals surface area contributed by atoms with Crippen LogP contribution in [0.3, 0.4) is 0 Å². The number of nitrogens with one attached hydrogen (secondary N) is 1. The monoisotopic (exact) mass is 349 g/mol. The molecular weight excluding hydrogens is 326 g/mol. The molecule has 2 aromatic rings. The average Bonchev–Trinajstić information content (AvgIpc) is 3.19. The van der Waals surface area contributed by atoms with Crippen molar-refractivity contribution in [3.05, 3.63) is 51.7 Å². The van der Waals surface area contributed by atoms with Gasteiger partial charge >= 0.3 is 0 Å². The molecule has 124 valence electrons. The highest BCUT2D eigenvalue weighted by molar-refractivity contribution is 7.89. The Labute approximate surface area is 142 Å². The van der Waals surface area contributed by atoms with Crippen molar-refractivity contribution >= 4 is 21.4 Å². The van der Waals surface area contributed by atoms with Gasteiger partial charge in [-0.25, -0.2) is 13.1 Å². The van der Waals surface area contributed by atoms with Gasteiger partial charge in [-0.2, -0.15) is 11.3 Å². The van der Waals surface area contributed by atoms with Crippen molar-refractivity contribution in [1.82, 2.24) is 4.72 Å². The summed E-state index contributed by atoms with van der Waals surface area (Å²) < 4.78 is 28.2. The van der Waals surface area contributed by atoms with E-state index in [9.17, 15) is 8.42 Å². The predicted octanol–water partition coefficient (Wildman–Crippen LogP) is 4.16. The standard InChI is InChI=1S/C18H23NO2S2/c1-14-5-6-17(11-15(14)2)23(20,21)19-13-18(8-3-4-9-18)16-7-10-22-12-16/h5-7,10-12,19H,3-4,8-9,13H2,1-2H3. The van der Waals surface area contributed by atoms with E-state index >= 15 is 0 Å². The predicted molar refractivity (Wildman–Crippen MR) is 95.6 cm³/mol. The van der Waals surface area contributed by atoms with Crippen LogP contribution in [0.25, 0.3) is 0 Å². The Hall–Kier alpha value is -1.17. The third-order valence-electron chi connectivity index (χ3n) is 5.08. The Kier molecular flexibility index (Phi) is 4.63. The summed E-state index contributed by atoms with van der Waals surface area (Å²) in [7, 11) is -3.46. The maximum atomic E-state index is 12.7. The Bertz CT molecular complexity index is 773. The topological polar surface area (TPSA) is 46.2 Å².